The zero-order chi connectivity index (χ0) is 22.1. The number of ether oxygens (including phenoxy) is 1. The van der Waals surface area contributed by atoms with Crippen LogP contribution in [0.4, 0.5) is 18.9 Å². The van der Waals surface area contributed by atoms with Crippen LogP contribution in [0.3, 0.4) is 0 Å². The van der Waals surface area contributed by atoms with E-state index >= 15 is 0 Å². The highest BCUT2D eigenvalue weighted by Gasteiger charge is 2.62. The minimum Gasteiger partial charge on any atom is -0.356 e. The van der Waals surface area contributed by atoms with Crippen LogP contribution >= 0.6 is 0 Å². The van der Waals surface area contributed by atoms with E-state index < -0.39 is 17.7 Å². The van der Waals surface area contributed by atoms with Gasteiger partial charge in [0.15, 0.2) is 0 Å². The molecule has 4 aromatic rings. The number of nitrogens with one attached hydrogen (secondary N) is 1. The van der Waals surface area contributed by atoms with Crippen LogP contribution in [0, 0.1) is 0 Å². The molecule has 1 atom stereocenters. The molecule has 31 heavy (non-hydrogen) atoms. The molecule has 0 radical (unpaired) electrons. The van der Waals surface area contributed by atoms with E-state index in [0.717, 1.165) is 12.6 Å². The summed E-state index contributed by atoms with van der Waals surface area (Å²) >= 11 is 0. The van der Waals surface area contributed by atoms with E-state index in [-0.39, 0.29) is 17.9 Å². The number of halogens is 3. The summed E-state index contributed by atoms with van der Waals surface area (Å²) in [5.74, 6) is -1.38. The van der Waals surface area contributed by atoms with Crippen LogP contribution in [-0.2, 0) is 21.8 Å². The Bertz CT molecular complexity index is 1200. The Hall–Kier alpha value is -3.73. The molecule has 2 aromatic heterocycles. The normalized spacial score (nSPS) is 13.8. The average Bonchev–Trinajstić information content (AvgIpc) is 3.36. The maximum Gasteiger partial charge on any atom is 0.430 e. The smallest absolute Gasteiger partial charge is 0.356 e. The van der Waals surface area contributed by atoms with Crippen molar-refractivity contribution in [2.24, 2.45) is 0 Å². The summed E-state index contributed by atoms with van der Waals surface area (Å²) in [5.41, 5.74) is -1.96. The minimum atomic E-state index is -5.00. The van der Waals surface area contributed by atoms with E-state index in [0.29, 0.717) is 5.52 Å². The molecule has 0 saturated heterocycles. The molecule has 0 aliphatic heterocycles. The van der Waals surface area contributed by atoms with Gasteiger partial charge in [-0.2, -0.15) is 18.3 Å². The number of carbonyl (C=O) groups is 1. The maximum atomic E-state index is 14.0. The molecule has 160 valence electrons. The highest BCUT2D eigenvalue weighted by Crippen LogP contribution is 2.42. The Kier molecular flexibility index (Phi) is 5.19. The van der Waals surface area contributed by atoms with E-state index in [2.05, 4.69) is 20.7 Å². The largest absolute Gasteiger partial charge is 0.430 e. The molecule has 2 aromatic carbocycles. The van der Waals surface area contributed by atoms with Crippen molar-refractivity contribution in [1.82, 2.24) is 24.8 Å². The van der Waals surface area contributed by atoms with Gasteiger partial charge in [-0.3, -0.25) is 4.79 Å². The molecule has 0 unspecified atom stereocenters. The van der Waals surface area contributed by atoms with Crippen molar-refractivity contribution in [2.75, 3.05) is 12.4 Å². The van der Waals surface area contributed by atoms with Gasteiger partial charge in [0.05, 0.1) is 23.6 Å². The predicted octanol–water partition coefficient (Wildman–Crippen LogP) is 3.18. The van der Waals surface area contributed by atoms with E-state index in [9.17, 15) is 18.0 Å². The van der Waals surface area contributed by atoms with Crippen molar-refractivity contribution in [2.45, 2.75) is 18.4 Å². The Balaban J connectivity index is 1.58. The maximum absolute atomic E-state index is 14.0. The second-order valence-corrected chi connectivity index (χ2v) is 6.69. The second-order valence-electron chi connectivity index (χ2n) is 6.69. The molecule has 0 fully saturated rings. The van der Waals surface area contributed by atoms with Crippen LogP contribution in [-0.4, -0.2) is 44.0 Å². The number of aromatic nitrogens is 5. The monoisotopic (exact) mass is 430 g/mol. The van der Waals surface area contributed by atoms with E-state index in [4.69, 9.17) is 4.74 Å². The van der Waals surface area contributed by atoms with Gasteiger partial charge in [-0.1, -0.05) is 47.7 Å². The minimum absolute atomic E-state index is 0.0797. The quantitative estimate of drug-likeness (QED) is 0.508. The summed E-state index contributed by atoms with van der Waals surface area (Å²) in [6.45, 7) is 0.157. The Labute approximate surface area is 174 Å². The van der Waals surface area contributed by atoms with Crippen molar-refractivity contribution in [3.63, 3.8) is 0 Å². The summed E-state index contributed by atoms with van der Waals surface area (Å²) in [4.78, 5) is 12.8. The van der Waals surface area contributed by atoms with Crippen LogP contribution < -0.4 is 5.32 Å². The number of amides is 1. The fourth-order valence-electron chi connectivity index (χ4n) is 3.31. The van der Waals surface area contributed by atoms with Gasteiger partial charge in [0.1, 0.15) is 12.2 Å². The Morgan fingerprint density at radius 2 is 1.81 bits per heavy atom. The number of benzene rings is 2. The summed E-state index contributed by atoms with van der Waals surface area (Å²) in [7, 11) is 0.847. The first-order valence-electron chi connectivity index (χ1n) is 9.14. The van der Waals surface area contributed by atoms with Gasteiger partial charge in [0.2, 0.25) is 0 Å². The summed E-state index contributed by atoms with van der Waals surface area (Å²) < 4.78 is 49.8. The van der Waals surface area contributed by atoms with Crippen LogP contribution in [0.15, 0.2) is 67.0 Å². The van der Waals surface area contributed by atoms with Gasteiger partial charge >= 0.3 is 6.18 Å². The number of carbonyl (C=O) groups excluding carboxylic acids is 1. The van der Waals surface area contributed by atoms with Gasteiger partial charge in [-0.05, 0) is 12.1 Å². The number of nitrogens with zero attached hydrogens (tertiary/aromatic N) is 5. The van der Waals surface area contributed by atoms with Crippen molar-refractivity contribution in [3.8, 4) is 0 Å². The third kappa shape index (κ3) is 3.63. The first-order chi connectivity index (χ1) is 14.8. The van der Waals surface area contributed by atoms with Gasteiger partial charge in [0.25, 0.3) is 11.5 Å². The number of para-hydroxylation sites is 1. The average molecular weight is 430 g/mol. The van der Waals surface area contributed by atoms with Crippen LogP contribution in [0.1, 0.15) is 5.56 Å². The number of anilines is 1. The van der Waals surface area contributed by atoms with Gasteiger partial charge < -0.3 is 10.1 Å². The third-order valence-corrected chi connectivity index (χ3v) is 4.80. The molecule has 1 N–H and O–H groups in total. The van der Waals surface area contributed by atoms with Crippen molar-refractivity contribution in [3.05, 3.63) is 72.6 Å². The number of methoxy groups -OCH3 is 1. The number of rotatable bonds is 6. The molecule has 0 spiro atoms. The van der Waals surface area contributed by atoms with Gasteiger partial charge in [-0.25, -0.2) is 9.36 Å². The number of hydrogen-bond donors (Lipinski definition) is 1. The second kappa shape index (κ2) is 7.84. The summed E-state index contributed by atoms with van der Waals surface area (Å²) in [5, 5.41) is 14.4. The molecule has 0 aliphatic carbocycles. The molecule has 0 saturated carbocycles. The molecule has 8 nitrogen and oxygen atoms in total. The van der Waals surface area contributed by atoms with Crippen molar-refractivity contribution in [1.29, 1.82) is 0 Å². The first-order valence-corrected chi connectivity index (χ1v) is 9.14. The fourth-order valence-corrected chi connectivity index (χ4v) is 3.31. The van der Waals surface area contributed by atoms with Gasteiger partial charge in [-0.15, -0.1) is 5.10 Å². The highest BCUT2D eigenvalue weighted by molar-refractivity contribution is 5.98. The SMILES string of the molecule is CO[C@](C(=O)Nc1cnn(Cn2nnc3ccccc32)c1)(c1ccccc1)C(F)(F)F. The van der Waals surface area contributed by atoms with Crippen LogP contribution in [0.2, 0.25) is 0 Å². The molecule has 11 heteroatoms. The van der Waals surface area contributed by atoms with E-state index in [1.54, 1.807) is 16.8 Å². The predicted molar refractivity (Wildman–Crippen MR) is 105 cm³/mol. The molecule has 0 aliphatic rings. The lowest BCUT2D eigenvalue weighted by Crippen LogP contribution is -2.53. The molecular weight excluding hydrogens is 413 g/mol. The van der Waals surface area contributed by atoms with Gasteiger partial charge in [0, 0.05) is 12.7 Å². The van der Waals surface area contributed by atoms with Crippen molar-refractivity contribution < 1.29 is 22.7 Å². The Morgan fingerprint density at radius 3 is 2.52 bits per heavy atom. The molecule has 1 amide bonds. The van der Waals surface area contributed by atoms with Crippen LogP contribution in [0.5, 0.6) is 0 Å². The summed E-state index contributed by atoms with van der Waals surface area (Å²) in [6.07, 6.45) is -2.35. The first kappa shape index (κ1) is 20.5. The van der Waals surface area contributed by atoms with Crippen molar-refractivity contribution >= 4 is 22.6 Å². The number of fused-ring (bicyclic) bond motifs is 1. The topological polar surface area (TPSA) is 86.9 Å². The zero-order valence-electron chi connectivity index (χ0n) is 16.2. The number of alkyl halides is 3. The molecular formula is C20H17F3N6O2. The zero-order valence-corrected chi connectivity index (χ0v) is 16.2. The van der Waals surface area contributed by atoms with E-state index in [1.807, 2.05) is 18.2 Å². The summed E-state index contributed by atoms with van der Waals surface area (Å²) in [6, 6.07) is 14.0. The highest BCUT2D eigenvalue weighted by atomic mass is 19.4. The lowest BCUT2D eigenvalue weighted by atomic mass is 9.91. The van der Waals surface area contributed by atoms with Crippen LogP contribution in [0.25, 0.3) is 11.0 Å². The van der Waals surface area contributed by atoms with E-state index in [1.165, 1.54) is 41.3 Å². The third-order valence-electron chi connectivity index (χ3n) is 4.80. The molecule has 0 bridgehead atoms. The lowest BCUT2D eigenvalue weighted by molar-refractivity contribution is -0.263. The lowest BCUT2D eigenvalue weighted by Gasteiger charge is -2.33. The number of hydrogen-bond acceptors (Lipinski definition) is 5. The Morgan fingerprint density at radius 1 is 1.10 bits per heavy atom. The standard InChI is InChI=1S/C20H17F3N6O2/c1-31-19(20(21,22)23,14-7-3-2-4-8-14)18(30)25-15-11-24-28(12-15)13-29-17-10-6-5-9-16(17)26-27-29/h2-12H,13H2,1H3,(H,25,30)/t19-/m0/s1. The molecule has 4 rings (SSSR count). The fraction of sp³-hybridized carbons (Fsp3) is 0.200. The molecule has 2 heterocycles.